The smallest absolute Gasteiger partial charge is 0.233 e. The first-order valence-electron chi connectivity index (χ1n) is 6.94. The molecule has 1 N–H and O–H groups in total. The molecule has 18 heavy (non-hydrogen) atoms. The van der Waals surface area contributed by atoms with Crippen LogP contribution in [0.1, 0.15) is 50.2 Å². The van der Waals surface area contributed by atoms with Crippen LogP contribution in [0.3, 0.4) is 0 Å². The van der Waals surface area contributed by atoms with E-state index in [1.165, 1.54) is 6.42 Å². The van der Waals surface area contributed by atoms with Gasteiger partial charge in [0, 0.05) is 12.0 Å². The van der Waals surface area contributed by atoms with Crippen LogP contribution in [0.2, 0.25) is 0 Å². The van der Waals surface area contributed by atoms with Crippen molar-refractivity contribution >= 4 is 0 Å². The van der Waals surface area contributed by atoms with Gasteiger partial charge in [-0.2, -0.15) is 4.98 Å². The standard InChI is InChI=1S/C13H21N3O2/c1-3-4-14-11-7-17-6-10(11)13-15-12(16-18-13)9-5-8(9)2/h8-11,14H,3-7H2,1-2H3. The van der Waals surface area contributed by atoms with Crippen LogP contribution in [0.4, 0.5) is 0 Å². The molecule has 1 aliphatic heterocycles. The third-order valence-electron chi connectivity index (χ3n) is 3.95. The van der Waals surface area contributed by atoms with Gasteiger partial charge in [0.05, 0.1) is 19.1 Å². The molecular formula is C13H21N3O2. The van der Waals surface area contributed by atoms with E-state index < -0.39 is 0 Å². The zero-order valence-electron chi connectivity index (χ0n) is 11.1. The van der Waals surface area contributed by atoms with Gasteiger partial charge in [0.25, 0.3) is 0 Å². The maximum Gasteiger partial charge on any atom is 0.233 e. The van der Waals surface area contributed by atoms with Crippen LogP contribution in [0.5, 0.6) is 0 Å². The summed E-state index contributed by atoms with van der Waals surface area (Å²) in [5, 5.41) is 7.61. The van der Waals surface area contributed by atoms with Crippen molar-refractivity contribution in [2.24, 2.45) is 5.92 Å². The second-order valence-electron chi connectivity index (χ2n) is 5.51. The summed E-state index contributed by atoms with van der Waals surface area (Å²) in [5.41, 5.74) is 0. The Hall–Kier alpha value is -0.940. The van der Waals surface area contributed by atoms with Gasteiger partial charge in [0.15, 0.2) is 5.82 Å². The van der Waals surface area contributed by atoms with E-state index in [1.54, 1.807) is 0 Å². The molecule has 0 radical (unpaired) electrons. The van der Waals surface area contributed by atoms with Crippen LogP contribution >= 0.6 is 0 Å². The molecule has 4 unspecified atom stereocenters. The first-order valence-corrected chi connectivity index (χ1v) is 6.94. The van der Waals surface area contributed by atoms with Gasteiger partial charge in [-0.05, 0) is 25.3 Å². The fourth-order valence-electron chi connectivity index (χ4n) is 2.56. The Morgan fingerprint density at radius 1 is 1.33 bits per heavy atom. The molecule has 2 aliphatic rings. The van der Waals surface area contributed by atoms with Crippen LogP contribution in [0.25, 0.3) is 0 Å². The van der Waals surface area contributed by atoms with Gasteiger partial charge < -0.3 is 14.6 Å². The van der Waals surface area contributed by atoms with E-state index in [0.29, 0.717) is 24.5 Å². The number of nitrogens with zero attached hydrogens (tertiary/aromatic N) is 2. The van der Waals surface area contributed by atoms with E-state index in [-0.39, 0.29) is 5.92 Å². The fourth-order valence-corrected chi connectivity index (χ4v) is 2.56. The van der Waals surface area contributed by atoms with E-state index >= 15 is 0 Å². The van der Waals surface area contributed by atoms with Crippen LogP contribution in [-0.2, 0) is 4.74 Å². The zero-order valence-corrected chi connectivity index (χ0v) is 11.1. The van der Waals surface area contributed by atoms with E-state index in [1.807, 2.05) is 0 Å². The molecule has 1 aliphatic carbocycles. The van der Waals surface area contributed by atoms with E-state index in [2.05, 4.69) is 29.3 Å². The molecule has 0 spiro atoms. The number of ether oxygens (including phenoxy) is 1. The summed E-state index contributed by atoms with van der Waals surface area (Å²) in [4.78, 5) is 4.57. The normalized spacial score (nSPS) is 35.0. The average molecular weight is 251 g/mol. The molecular weight excluding hydrogens is 230 g/mol. The van der Waals surface area contributed by atoms with Crippen molar-refractivity contribution in [3.05, 3.63) is 11.7 Å². The van der Waals surface area contributed by atoms with Crippen molar-refractivity contribution in [3.63, 3.8) is 0 Å². The Labute approximate surface area is 107 Å². The molecule has 5 nitrogen and oxygen atoms in total. The molecule has 0 aromatic carbocycles. The SMILES string of the molecule is CCCNC1COCC1c1nc(C2CC2C)no1. The highest BCUT2D eigenvalue weighted by Crippen LogP contribution is 2.45. The van der Waals surface area contributed by atoms with E-state index in [9.17, 15) is 0 Å². The molecule has 1 saturated carbocycles. The molecule has 1 aromatic heterocycles. The minimum atomic E-state index is 0.215. The molecule has 100 valence electrons. The Bertz CT molecular complexity index is 407. The second-order valence-corrected chi connectivity index (χ2v) is 5.51. The molecule has 1 saturated heterocycles. The summed E-state index contributed by atoms with van der Waals surface area (Å²) >= 11 is 0. The molecule has 3 rings (SSSR count). The zero-order chi connectivity index (χ0) is 12.5. The first kappa shape index (κ1) is 12.1. The number of hydrogen-bond acceptors (Lipinski definition) is 5. The lowest BCUT2D eigenvalue weighted by molar-refractivity contribution is 0.184. The Balaban J connectivity index is 1.67. The molecule has 0 amide bonds. The number of aromatic nitrogens is 2. The minimum Gasteiger partial charge on any atom is -0.379 e. The maximum atomic E-state index is 5.54. The second kappa shape index (κ2) is 4.97. The van der Waals surface area contributed by atoms with Gasteiger partial charge in [0.1, 0.15) is 0 Å². The number of hydrogen-bond donors (Lipinski definition) is 1. The van der Waals surface area contributed by atoms with Gasteiger partial charge in [-0.1, -0.05) is 19.0 Å². The van der Waals surface area contributed by atoms with Crippen molar-refractivity contribution in [3.8, 4) is 0 Å². The van der Waals surface area contributed by atoms with Gasteiger partial charge in [-0.15, -0.1) is 0 Å². The first-order chi connectivity index (χ1) is 8.79. The number of rotatable bonds is 5. The predicted molar refractivity (Wildman–Crippen MR) is 66.5 cm³/mol. The topological polar surface area (TPSA) is 60.2 Å². The van der Waals surface area contributed by atoms with Crippen molar-refractivity contribution in [1.29, 1.82) is 0 Å². The van der Waals surface area contributed by atoms with E-state index in [4.69, 9.17) is 9.26 Å². The third kappa shape index (κ3) is 2.29. The van der Waals surface area contributed by atoms with Crippen LogP contribution in [0, 0.1) is 5.92 Å². The van der Waals surface area contributed by atoms with Crippen LogP contribution < -0.4 is 5.32 Å². The molecule has 2 fully saturated rings. The summed E-state index contributed by atoms with van der Waals surface area (Å²) in [5.74, 6) is 3.08. The van der Waals surface area contributed by atoms with Gasteiger partial charge in [-0.25, -0.2) is 0 Å². The molecule has 1 aromatic rings. The minimum absolute atomic E-state index is 0.215. The predicted octanol–water partition coefficient (Wildman–Crippen LogP) is 1.67. The summed E-state index contributed by atoms with van der Waals surface area (Å²) in [6.07, 6.45) is 2.32. The van der Waals surface area contributed by atoms with Gasteiger partial charge in [0.2, 0.25) is 5.89 Å². The quantitative estimate of drug-likeness (QED) is 0.862. The molecule has 5 heteroatoms. The maximum absolute atomic E-state index is 5.54. The summed E-state index contributed by atoms with van der Waals surface area (Å²) < 4.78 is 11.0. The lowest BCUT2D eigenvalue weighted by Crippen LogP contribution is -2.35. The highest BCUT2D eigenvalue weighted by Gasteiger charge is 2.40. The fraction of sp³-hybridized carbons (Fsp3) is 0.846. The third-order valence-corrected chi connectivity index (χ3v) is 3.95. The van der Waals surface area contributed by atoms with Crippen molar-refractivity contribution in [2.45, 2.75) is 44.6 Å². The summed E-state index contributed by atoms with van der Waals surface area (Å²) in [6.45, 7) is 6.82. The van der Waals surface area contributed by atoms with Crippen molar-refractivity contribution in [2.75, 3.05) is 19.8 Å². The number of nitrogens with one attached hydrogen (secondary N) is 1. The monoisotopic (exact) mass is 251 g/mol. The lowest BCUT2D eigenvalue weighted by Gasteiger charge is -2.14. The highest BCUT2D eigenvalue weighted by atomic mass is 16.5. The van der Waals surface area contributed by atoms with Crippen LogP contribution in [-0.4, -0.2) is 35.9 Å². The van der Waals surface area contributed by atoms with Crippen LogP contribution in [0.15, 0.2) is 4.52 Å². The van der Waals surface area contributed by atoms with Crippen molar-refractivity contribution < 1.29 is 9.26 Å². The van der Waals surface area contributed by atoms with Gasteiger partial charge >= 0.3 is 0 Å². The molecule has 2 heterocycles. The van der Waals surface area contributed by atoms with Crippen molar-refractivity contribution in [1.82, 2.24) is 15.5 Å². The molecule has 0 bridgehead atoms. The Morgan fingerprint density at radius 2 is 2.17 bits per heavy atom. The molecule has 4 atom stereocenters. The van der Waals surface area contributed by atoms with E-state index in [0.717, 1.165) is 31.3 Å². The lowest BCUT2D eigenvalue weighted by atomic mass is 10.0. The van der Waals surface area contributed by atoms with Gasteiger partial charge in [-0.3, -0.25) is 0 Å². The summed E-state index contributed by atoms with van der Waals surface area (Å²) in [7, 11) is 0. The average Bonchev–Trinajstić information content (AvgIpc) is 2.85. The highest BCUT2D eigenvalue weighted by molar-refractivity contribution is 5.10. The largest absolute Gasteiger partial charge is 0.379 e. The summed E-state index contributed by atoms with van der Waals surface area (Å²) in [6, 6.07) is 0.315. The Kier molecular flexibility index (Phi) is 3.35. The Morgan fingerprint density at radius 3 is 2.89 bits per heavy atom.